The number of ketones is 1. The number of hydrogen-bond donors (Lipinski definition) is 0. The van der Waals surface area contributed by atoms with E-state index in [4.69, 9.17) is 32.7 Å². The molecule has 27 heavy (non-hydrogen) atoms. The molecule has 0 saturated heterocycles. The van der Waals surface area contributed by atoms with Crippen molar-refractivity contribution in [3.05, 3.63) is 75.4 Å². The molecule has 3 aromatic rings. The molecule has 0 saturated carbocycles. The van der Waals surface area contributed by atoms with Gasteiger partial charge < -0.3 is 9.47 Å². The molecule has 1 heterocycles. The first kappa shape index (κ1) is 19.3. The van der Waals surface area contributed by atoms with E-state index in [1.807, 2.05) is 31.2 Å². The van der Waals surface area contributed by atoms with Gasteiger partial charge in [0.15, 0.2) is 0 Å². The zero-order chi connectivity index (χ0) is 19.4. The molecule has 0 N–H and O–H groups in total. The Hall–Kier alpha value is -2.50. The van der Waals surface area contributed by atoms with Crippen molar-refractivity contribution in [1.29, 1.82) is 0 Å². The van der Waals surface area contributed by atoms with E-state index >= 15 is 0 Å². The Balaban J connectivity index is 1.86. The summed E-state index contributed by atoms with van der Waals surface area (Å²) in [6.45, 7) is 2.72. The van der Waals surface area contributed by atoms with Crippen molar-refractivity contribution in [3.63, 3.8) is 0 Å². The summed E-state index contributed by atoms with van der Waals surface area (Å²) in [5, 5.41) is 4.90. The molecule has 0 unspecified atom stereocenters. The van der Waals surface area contributed by atoms with Crippen LogP contribution in [0.2, 0.25) is 10.0 Å². The van der Waals surface area contributed by atoms with E-state index in [1.165, 1.54) is 16.9 Å². The maximum absolute atomic E-state index is 12.9. The SMILES string of the molecule is CCOc1ccccc1COc1c(C(=O)c2ccc(Cl)cc2Cl)cnn1C. The molecule has 5 nitrogen and oxygen atoms in total. The molecule has 0 aliphatic carbocycles. The van der Waals surface area contributed by atoms with Crippen LogP contribution in [0.3, 0.4) is 0 Å². The van der Waals surface area contributed by atoms with Crippen LogP contribution in [0.5, 0.6) is 11.6 Å². The minimum Gasteiger partial charge on any atom is -0.493 e. The highest BCUT2D eigenvalue weighted by molar-refractivity contribution is 6.37. The number of carbonyl (C=O) groups excluding carboxylic acids is 1. The van der Waals surface area contributed by atoms with Gasteiger partial charge >= 0.3 is 0 Å². The molecular formula is C20H18Cl2N2O3. The average Bonchev–Trinajstić information content (AvgIpc) is 3.01. The molecule has 140 valence electrons. The van der Waals surface area contributed by atoms with Crippen LogP contribution in [-0.2, 0) is 13.7 Å². The maximum Gasteiger partial charge on any atom is 0.223 e. The highest BCUT2D eigenvalue weighted by Crippen LogP contribution is 2.28. The fourth-order valence-electron chi connectivity index (χ4n) is 2.64. The van der Waals surface area contributed by atoms with Gasteiger partial charge in [-0.1, -0.05) is 41.4 Å². The summed E-state index contributed by atoms with van der Waals surface area (Å²) >= 11 is 12.1. The van der Waals surface area contributed by atoms with Gasteiger partial charge in [-0.3, -0.25) is 4.79 Å². The third kappa shape index (κ3) is 4.26. The van der Waals surface area contributed by atoms with Gasteiger partial charge in [-0.15, -0.1) is 0 Å². The minimum atomic E-state index is -0.280. The summed E-state index contributed by atoms with van der Waals surface area (Å²) in [7, 11) is 1.71. The van der Waals surface area contributed by atoms with Gasteiger partial charge in [0.05, 0.1) is 17.8 Å². The Morgan fingerprint density at radius 3 is 2.63 bits per heavy atom. The molecule has 3 rings (SSSR count). The Morgan fingerprint density at radius 2 is 1.89 bits per heavy atom. The van der Waals surface area contributed by atoms with E-state index in [0.717, 1.165) is 11.3 Å². The second-order valence-electron chi connectivity index (χ2n) is 5.77. The second kappa shape index (κ2) is 8.46. The maximum atomic E-state index is 12.9. The van der Waals surface area contributed by atoms with Crippen LogP contribution < -0.4 is 9.47 Å². The molecular weight excluding hydrogens is 387 g/mol. The third-order valence-corrected chi connectivity index (χ3v) is 4.49. The number of halogens is 2. The van der Waals surface area contributed by atoms with Crippen molar-refractivity contribution in [1.82, 2.24) is 9.78 Å². The van der Waals surface area contributed by atoms with Gasteiger partial charge in [-0.2, -0.15) is 5.10 Å². The normalized spacial score (nSPS) is 10.7. The number of aryl methyl sites for hydroxylation is 1. The van der Waals surface area contributed by atoms with Crippen molar-refractivity contribution >= 4 is 29.0 Å². The summed E-state index contributed by atoms with van der Waals surface area (Å²) in [4.78, 5) is 12.9. The molecule has 0 aliphatic heterocycles. The third-order valence-electron chi connectivity index (χ3n) is 3.94. The van der Waals surface area contributed by atoms with Crippen LogP contribution in [0, 0.1) is 0 Å². The van der Waals surface area contributed by atoms with Gasteiger partial charge in [-0.25, -0.2) is 4.68 Å². The number of benzene rings is 2. The van der Waals surface area contributed by atoms with Crippen molar-refractivity contribution in [2.45, 2.75) is 13.5 Å². The van der Waals surface area contributed by atoms with Gasteiger partial charge in [-0.05, 0) is 31.2 Å². The Morgan fingerprint density at radius 1 is 1.11 bits per heavy atom. The molecule has 0 aliphatic rings. The molecule has 0 radical (unpaired) electrons. The minimum absolute atomic E-state index is 0.240. The molecule has 0 fully saturated rings. The van der Waals surface area contributed by atoms with E-state index in [2.05, 4.69) is 5.10 Å². The first-order valence-corrected chi connectivity index (χ1v) is 9.12. The smallest absolute Gasteiger partial charge is 0.223 e. The van der Waals surface area contributed by atoms with E-state index < -0.39 is 0 Å². The van der Waals surface area contributed by atoms with Crippen molar-refractivity contribution in [3.8, 4) is 11.6 Å². The molecule has 0 bridgehead atoms. The van der Waals surface area contributed by atoms with Gasteiger partial charge in [0, 0.05) is 23.2 Å². The first-order chi connectivity index (χ1) is 13.0. The number of carbonyl (C=O) groups is 1. The summed E-state index contributed by atoms with van der Waals surface area (Å²) in [5.74, 6) is 0.825. The van der Waals surface area contributed by atoms with Crippen LogP contribution >= 0.6 is 23.2 Å². The summed E-state index contributed by atoms with van der Waals surface area (Å²) < 4.78 is 13.0. The number of rotatable bonds is 7. The van der Waals surface area contributed by atoms with Crippen LogP contribution in [0.25, 0.3) is 0 Å². The number of hydrogen-bond acceptors (Lipinski definition) is 4. The summed E-state index contributed by atoms with van der Waals surface area (Å²) in [6, 6.07) is 12.3. The number of ether oxygens (including phenoxy) is 2. The Kier molecular flexibility index (Phi) is 6.04. The van der Waals surface area contributed by atoms with Gasteiger partial charge in [0.2, 0.25) is 11.7 Å². The highest BCUT2D eigenvalue weighted by Gasteiger charge is 2.21. The molecule has 0 spiro atoms. The lowest BCUT2D eigenvalue weighted by Crippen LogP contribution is -2.08. The van der Waals surface area contributed by atoms with Crippen molar-refractivity contribution in [2.24, 2.45) is 7.05 Å². The molecule has 0 atom stereocenters. The fraction of sp³-hybridized carbons (Fsp3) is 0.200. The number of aromatic nitrogens is 2. The van der Waals surface area contributed by atoms with Crippen molar-refractivity contribution in [2.75, 3.05) is 6.61 Å². The first-order valence-electron chi connectivity index (χ1n) is 8.36. The van der Waals surface area contributed by atoms with E-state index in [-0.39, 0.29) is 17.4 Å². The largest absolute Gasteiger partial charge is 0.493 e. The van der Waals surface area contributed by atoms with Crippen LogP contribution in [-0.4, -0.2) is 22.2 Å². The van der Waals surface area contributed by atoms with Crippen molar-refractivity contribution < 1.29 is 14.3 Å². The second-order valence-corrected chi connectivity index (χ2v) is 6.61. The summed E-state index contributed by atoms with van der Waals surface area (Å²) in [5.41, 5.74) is 1.55. The lowest BCUT2D eigenvalue weighted by Gasteiger charge is -2.12. The lowest BCUT2D eigenvalue weighted by molar-refractivity contribution is 0.103. The zero-order valence-corrected chi connectivity index (χ0v) is 16.4. The predicted molar refractivity (Wildman–Crippen MR) is 105 cm³/mol. The molecule has 2 aromatic carbocycles. The Bertz CT molecular complexity index is 970. The van der Waals surface area contributed by atoms with Gasteiger partial charge in [0.25, 0.3) is 0 Å². The number of para-hydroxylation sites is 1. The lowest BCUT2D eigenvalue weighted by atomic mass is 10.1. The van der Waals surface area contributed by atoms with E-state index in [0.29, 0.717) is 28.6 Å². The van der Waals surface area contributed by atoms with Crippen LogP contribution in [0.4, 0.5) is 0 Å². The van der Waals surface area contributed by atoms with Crippen LogP contribution in [0.1, 0.15) is 28.4 Å². The standard InChI is InChI=1S/C20H18Cl2N2O3/c1-3-26-18-7-5-4-6-13(18)12-27-20-16(11-23-24(20)2)19(25)15-9-8-14(21)10-17(15)22/h4-11H,3,12H2,1-2H3. The highest BCUT2D eigenvalue weighted by atomic mass is 35.5. The average molecular weight is 405 g/mol. The topological polar surface area (TPSA) is 53.4 Å². The van der Waals surface area contributed by atoms with Gasteiger partial charge in [0.1, 0.15) is 17.9 Å². The Labute approximate surface area is 167 Å². The fourth-order valence-corrected chi connectivity index (χ4v) is 3.13. The van der Waals surface area contributed by atoms with E-state index in [9.17, 15) is 4.79 Å². The molecule has 0 amide bonds. The monoisotopic (exact) mass is 404 g/mol. The quantitative estimate of drug-likeness (QED) is 0.523. The molecule has 7 heteroatoms. The van der Waals surface area contributed by atoms with Crippen LogP contribution in [0.15, 0.2) is 48.7 Å². The summed E-state index contributed by atoms with van der Waals surface area (Å²) in [6.07, 6.45) is 1.47. The predicted octanol–water partition coefficient (Wildman–Crippen LogP) is 4.94. The van der Waals surface area contributed by atoms with E-state index in [1.54, 1.807) is 19.2 Å². The zero-order valence-electron chi connectivity index (χ0n) is 14.9. The molecule has 1 aromatic heterocycles. The number of nitrogens with zero attached hydrogens (tertiary/aromatic N) is 2.